The van der Waals surface area contributed by atoms with E-state index >= 15 is 0 Å². The zero-order valence-electron chi connectivity index (χ0n) is 47.8. The summed E-state index contributed by atoms with van der Waals surface area (Å²) >= 11 is 0. The molecule has 0 radical (unpaired) electrons. The van der Waals surface area contributed by atoms with Gasteiger partial charge in [0.2, 0.25) is 0 Å². The van der Waals surface area contributed by atoms with Crippen LogP contribution in [-0.2, 0) is 42.2 Å². The van der Waals surface area contributed by atoms with Crippen molar-refractivity contribution in [2.45, 2.75) is 303 Å². The Kier molecular flexibility index (Phi) is 54.7. The molecular weight excluding hydrogens is 952 g/mol. The molecule has 12 heteroatoms. The molecule has 11 nitrogen and oxygen atoms in total. The highest BCUT2D eigenvalue weighted by Gasteiger charge is 2.28. The first-order chi connectivity index (χ1) is 36.2. The second-order valence-corrected chi connectivity index (χ2v) is 21.9. The molecule has 0 rings (SSSR count). The normalized spacial score (nSPS) is 13.6. The maximum absolute atomic E-state index is 12.9. The van der Waals surface area contributed by atoms with Gasteiger partial charge in [0.25, 0.3) is 0 Å². The van der Waals surface area contributed by atoms with Crippen LogP contribution < -0.4 is 0 Å². The molecule has 3 atom stereocenters. The van der Waals surface area contributed by atoms with Crippen molar-refractivity contribution in [3.63, 3.8) is 0 Å². The number of carbonyl (C=O) groups excluding carboxylic acids is 3. The third-order valence-electron chi connectivity index (χ3n) is 13.2. The lowest BCUT2D eigenvalue weighted by atomic mass is 10.0. The summed E-state index contributed by atoms with van der Waals surface area (Å²) in [5.41, 5.74) is 0. The Morgan fingerprint density at radius 2 is 0.703 bits per heavy atom. The van der Waals surface area contributed by atoms with Crippen molar-refractivity contribution in [2.24, 2.45) is 0 Å². The summed E-state index contributed by atoms with van der Waals surface area (Å²) in [5.74, 6) is -1.46. The zero-order valence-corrected chi connectivity index (χ0v) is 48.7. The molecule has 0 amide bonds. The fraction of sp³-hybridized carbons (Fsp3) is 0.823. The second kappa shape index (κ2) is 56.6. The number of aliphatic hydroxyl groups is 1. The van der Waals surface area contributed by atoms with Gasteiger partial charge in [0.05, 0.1) is 19.8 Å². The van der Waals surface area contributed by atoms with E-state index in [4.69, 9.17) is 23.3 Å². The maximum atomic E-state index is 12.9. The predicted molar refractivity (Wildman–Crippen MR) is 307 cm³/mol. The Labute approximate surface area is 453 Å². The monoisotopic (exact) mass is 1060 g/mol. The molecule has 74 heavy (non-hydrogen) atoms. The molecule has 0 aromatic carbocycles. The van der Waals surface area contributed by atoms with Gasteiger partial charge in [-0.1, -0.05) is 243 Å². The molecule has 3 unspecified atom stereocenters. The Balaban J connectivity index is 4.67. The molecule has 0 aliphatic heterocycles. The third kappa shape index (κ3) is 54.2. The number of carbonyl (C=O) groups is 3. The summed E-state index contributed by atoms with van der Waals surface area (Å²) < 4.78 is 39.6. The number of unbranched alkanes of at least 4 members (excludes halogenated alkanes) is 32. The molecule has 0 aromatic rings. The molecule has 0 aliphatic carbocycles. The third-order valence-corrected chi connectivity index (χ3v) is 14.2. The lowest BCUT2D eigenvalue weighted by molar-refractivity contribution is -0.161. The molecular formula is C62H113O11P. The van der Waals surface area contributed by atoms with E-state index in [1.54, 1.807) is 0 Å². The van der Waals surface area contributed by atoms with E-state index in [0.29, 0.717) is 19.3 Å². The summed E-state index contributed by atoms with van der Waals surface area (Å²) in [6.07, 6.45) is 60.6. The number of hydrogen-bond acceptors (Lipinski definition) is 10. The summed E-state index contributed by atoms with van der Waals surface area (Å²) in [6.45, 7) is 4.56. The molecule has 0 aliphatic rings. The van der Waals surface area contributed by atoms with Gasteiger partial charge in [-0.3, -0.25) is 23.4 Å². The maximum Gasteiger partial charge on any atom is 0.472 e. The van der Waals surface area contributed by atoms with Crippen molar-refractivity contribution in [1.29, 1.82) is 0 Å². The van der Waals surface area contributed by atoms with E-state index < -0.39 is 57.8 Å². The Morgan fingerprint density at radius 1 is 0.392 bits per heavy atom. The van der Waals surface area contributed by atoms with Crippen LogP contribution in [0.5, 0.6) is 0 Å². The standard InChI is InChI=1S/C62H113O11P/c1-4-7-10-13-16-19-22-25-27-29-31-34-37-40-43-46-49-52-61(65)72-58(54-63)56-70-74(67,68)71-57-59(55-69-60(64)51-48-45-42-39-36-33-24-21-18-15-12-9-6-3)73-62(66)53-50-47-44-41-38-35-32-30-28-26-23-20-17-14-11-8-5-2/h8,11,17,20,25-28,58-59,63H,4-7,9-10,12-16,18-19,21-24,29-57H2,1-3H3,(H,67,68)/b11-8-,20-17-,27-25-,28-26-. The molecule has 0 aromatic heterocycles. The summed E-state index contributed by atoms with van der Waals surface area (Å²) in [7, 11) is -4.75. The van der Waals surface area contributed by atoms with Gasteiger partial charge >= 0.3 is 25.7 Å². The first-order valence-corrected chi connectivity index (χ1v) is 32.0. The molecule has 0 heterocycles. The molecule has 0 saturated carbocycles. The van der Waals surface area contributed by atoms with Gasteiger partial charge in [-0.2, -0.15) is 0 Å². The topological polar surface area (TPSA) is 155 Å². The van der Waals surface area contributed by atoms with Crippen molar-refractivity contribution in [3.8, 4) is 0 Å². The van der Waals surface area contributed by atoms with E-state index in [1.165, 1.54) is 135 Å². The molecule has 432 valence electrons. The van der Waals surface area contributed by atoms with Gasteiger partial charge in [0.1, 0.15) is 12.7 Å². The van der Waals surface area contributed by atoms with Gasteiger partial charge in [-0.15, -0.1) is 0 Å². The van der Waals surface area contributed by atoms with Gasteiger partial charge < -0.3 is 24.2 Å². The van der Waals surface area contributed by atoms with E-state index in [0.717, 1.165) is 96.3 Å². The smallest absolute Gasteiger partial charge is 0.462 e. The molecule has 0 fully saturated rings. The number of esters is 3. The minimum atomic E-state index is -4.75. The van der Waals surface area contributed by atoms with Crippen molar-refractivity contribution >= 4 is 25.7 Å². The molecule has 0 spiro atoms. The first-order valence-electron chi connectivity index (χ1n) is 30.5. The summed E-state index contributed by atoms with van der Waals surface area (Å²) in [6, 6.07) is 0. The average molecular weight is 1070 g/mol. The van der Waals surface area contributed by atoms with Crippen LogP contribution in [0.1, 0.15) is 290 Å². The fourth-order valence-electron chi connectivity index (χ4n) is 8.60. The number of hydrogen-bond donors (Lipinski definition) is 2. The van der Waals surface area contributed by atoms with Crippen LogP contribution in [0.4, 0.5) is 0 Å². The van der Waals surface area contributed by atoms with Gasteiger partial charge in [-0.25, -0.2) is 4.57 Å². The van der Waals surface area contributed by atoms with Crippen LogP contribution in [0.15, 0.2) is 48.6 Å². The minimum Gasteiger partial charge on any atom is -0.462 e. The van der Waals surface area contributed by atoms with Gasteiger partial charge in [0.15, 0.2) is 6.10 Å². The number of allylic oxidation sites excluding steroid dienone is 8. The van der Waals surface area contributed by atoms with Crippen LogP contribution in [0.2, 0.25) is 0 Å². The van der Waals surface area contributed by atoms with Crippen LogP contribution in [0, 0.1) is 0 Å². The van der Waals surface area contributed by atoms with Gasteiger partial charge in [0, 0.05) is 19.3 Å². The van der Waals surface area contributed by atoms with Gasteiger partial charge in [-0.05, 0) is 77.0 Å². The first kappa shape index (κ1) is 71.4. The average Bonchev–Trinajstić information content (AvgIpc) is 3.39. The van der Waals surface area contributed by atoms with Crippen molar-refractivity contribution in [3.05, 3.63) is 48.6 Å². The zero-order chi connectivity index (χ0) is 54.1. The molecule has 0 bridgehead atoms. The number of rotatable bonds is 57. The van der Waals surface area contributed by atoms with E-state index in [1.807, 2.05) is 0 Å². The predicted octanol–water partition coefficient (Wildman–Crippen LogP) is 18.1. The fourth-order valence-corrected chi connectivity index (χ4v) is 9.39. The molecule has 0 saturated heterocycles. The lowest BCUT2D eigenvalue weighted by Gasteiger charge is -2.21. The van der Waals surface area contributed by atoms with Crippen molar-refractivity contribution in [2.75, 3.05) is 26.4 Å². The van der Waals surface area contributed by atoms with Crippen molar-refractivity contribution < 1.29 is 52.2 Å². The summed E-state index contributed by atoms with van der Waals surface area (Å²) in [5, 5.41) is 9.83. The van der Waals surface area contributed by atoms with Crippen LogP contribution in [0.3, 0.4) is 0 Å². The SMILES string of the molecule is CC/C=C\C/C=C\C/C=C\CCCCCCCCCC(=O)OC(COC(=O)CCCCCCCCCCCCCCC)COP(=O)(O)OCC(CO)OC(=O)CCCCCCCCC/C=C\CCCCCCCC. The quantitative estimate of drug-likeness (QED) is 0.0197. The van der Waals surface area contributed by atoms with E-state index in [9.17, 15) is 28.9 Å². The summed E-state index contributed by atoms with van der Waals surface area (Å²) in [4.78, 5) is 48.6. The van der Waals surface area contributed by atoms with Crippen LogP contribution in [-0.4, -0.2) is 66.5 Å². The van der Waals surface area contributed by atoms with Crippen molar-refractivity contribution in [1.82, 2.24) is 0 Å². The highest BCUT2D eigenvalue weighted by atomic mass is 31.2. The second-order valence-electron chi connectivity index (χ2n) is 20.5. The molecule has 2 N–H and O–H groups in total. The van der Waals surface area contributed by atoms with Crippen LogP contribution >= 0.6 is 7.82 Å². The Morgan fingerprint density at radius 3 is 1.09 bits per heavy atom. The largest absolute Gasteiger partial charge is 0.472 e. The van der Waals surface area contributed by atoms with E-state index in [2.05, 4.69) is 69.4 Å². The highest BCUT2D eigenvalue weighted by molar-refractivity contribution is 7.47. The lowest BCUT2D eigenvalue weighted by Crippen LogP contribution is -2.30. The van der Waals surface area contributed by atoms with E-state index in [-0.39, 0.29) is 25.9 Å². The van der Waals surface area contributed by atoms with Crippen LogP contribution in [0.25, 0.3) is 0 Å². The number of aliphatic hydroxyl groups excluding tert-OH is 1. The highest BCUT2D eigenvalue weighted by Crippen LogP contribution is 2.43. The minimum absolute atomic E-state index is 0.159. The number of phosphoric ester groups is 1. The number of ether oxygens (including phenoxy) is 3. The Hall–Kier alpha value is -2.56. The Bertz CT molecular complexity index is 1430. The number of phosphoric acid groups is 1.